The van der Waals surface area contributed by atoms with Crippen molar-refractivity contribution < 1.29 is 37.0 Å². The highest BCUT2D eigenvalue weighted by Gasteiger charge is 2.39. The Bertz CT molecular complexity index is 1140. The van der Waals surface area contributed by atoms with Gasteiger partial charge in [0.2, 0.25) is 5.91 Å². The number of amides is 2. The molecule has 2 heterocycles. The van der Waals surface area contributed by atoms with Gasteiger partial charge >= 0.3 is 12.2 Å². The van der Waals surface area contributed by atoms with Gasteiger partial charge in [0.05, 0.1) is 17.7 Å². The molecule has 1 atom stereocenters. The summed E-state index contributed by atoms with van der Waals surface area (Å²) in [4.78, 5) is 35.0. The zero-order valence-electron chi connectivity index (χ0n) is 21.2. The molecule has 0 spiro atoms. The maximum Gasteiger partial charge on any atom is 0.416 e. The van der Waals surface area contributed by atoms with E-state index in [0.29, 0.717) is 24.9 Å². The van der Waals surface area contributed by atoms with Crippen molar-refractivity contribution >= 4 is 11.8 Å². The van der Waals surface area contributed by atoms with Crippen LogP contribution in [0.4, 0.5) is 17.6 Å². The Kier molecular flexibility index (Phi) is 9.01. The topological polar surface area (TPSA) is 117 Å². The number of rotatable bonds is 9. The van der Waals surface area contributed by atoms with Gasteiger partial charge in [-0.25, -0.2) is 14.4 Å². The summed E-state index contributed by atoms with van der Waals surface area (Å²) in [6.45, 7) is 0.282. The lowest BCUT2D eigenvalue weighted by Crippen LogP contribution is -2.45. The number of ether oxygens (including phenoxy) is 1. The van der Waals surface area contributed by atoms with E-state index in [2.05, 4.69) is 25.5 Å². The number of carbonyl (C=O) groups excluding carboxylic acids is 2. The predicted octanol–water partition coefficient (Wildman–Crippen LogP) is 2.59. The molecule has 0 unspecified atom stereocenters. The molecule has 212 valence electrons. The number of benzene rings is 1. The van der Waals surface area contributed by atoms with Gasteiger partial charge in [-0.2, -0.15) is 13.2 Å². The number of aliphatic hydroxyl groups is 1. The Balaban J connectivity index is 1.20. The second-order valence-electron chi connectivity index (χ2n) is 9.86. The van der Waals surface area contributed by atoms with E-state index in [-0.39, 0.29) is 36.8 Å². The zero-order valence-corrected chi connectivity index (χ0v) is 21.2. The molecule has 1 aliphatic heterocycles. The molecule has 0 radical (unpaired) electrons. The van der Waals surface area contributed by atoms with E-state index in [1.54, 1.807) is 0 Å². The van der Waals surface area contributed by atoms with Crippen LogP contribution in [-0.4, -0.2) is 76.8 Å². The van der Waals surface area contributed by atoms with Crippen LogP contribution in [0.25, 0.3) is 0 Å². The average molecular weight is 554 g/mol. The maximum absolute atomic E-state index is 12.9. The first-order chi connectivity index (χ1) is 18.6. The number of nitrogens with zero attached hydrogens (tertiary/aromatic N) is 3. The lowest BCUT2D eigenvalue weighted by molar-refractivity contribution is -0.137. The summed E-state index contributed by atoms with van der Waals surface area (Å²) in [5.74, 6) is -1.18. The van der Waals surface area contributed by atoms with Gasteiger partial charge in [0.15, 0.2) is 0 Å². The summed E-state index contributed by atoms with van der Waals surface area (Å²) >= 11 is 0. The monoisotopic (exact) mass is 553 g/mol. The van der Waals surface area contributed by atoms with E-state index in [4.69, 9.17) is 4.74 Å². The molecule has 1 aromatic heterocycles. The maximum atomic E-state index is 12.9. The van der Waals surface area contributed by atoms with E-state index in [0.717, 1.165) is 44.0 Å². The van der Waals surface area contributed by atoms with Crippen molar-refractivity contribution in [3.63, 3.8) is 0 Å². The van der Waals surface area contributed by atoms with Crippen LogP contribution in [-0.2, 0) is 16.6 Å². The number of likely N-dealkylation sites (tertiary alicyclic amines) is 1. The molecule has 1 saturated heterocycles. The Morgan fingerprint density at radius 2 is 1.87 bits per heavy atom. The Labute approximate surface area is 223 Å². The quantitative estimate of drug-likeness (QED) is 0.409. The summed E-state index contributed by atoms with van der Waals surface area (Å²) < 4.78 is 55.9. The van der Waals surface area contributed by atoms with Crippen molar-refractivity contribution in [3.05, 3.63) is 53.3 Å². The number of halogens is 4. The molecule has 2 amide bonds. The summed E-state index contributed by atoms with van der Waals surface area (Å²) in [5, 5.41) is 16.4. The van der Waals surface area contributed by atoms with Crippen LogP contribution in [0.5, 0.6) is 6.01 Å². The molecule has 4 rings (SSSR count). The predicted molar refractivity (Wildman–Crippen MR) is 132 cm³/mol. The van der Waals surface area contributed by atoms with Crippen LogP contribution < -0.4 is 15.4 Å². The highest BCUT2D eigenvalue weighted by molar-refractivity contribution is 5.96. The van der Waals surface area contributed by atoms with Crippen LogP contribution in [0.3, 0.4) is 0 Å². The fraction of sp³-hybridized carbons (Fsp3) is 0.538. The summed E-state index contributed by atoms with van der Waals surface area (Å²) in [7, 11) is 0. The Hall–Kier alpha value is -3.32. The highest BCUT2D eigenvalue weighted by atomic mass is 19.4. The van der Waals surface area contributed by atoms with Crippen LogP contribution in [0.1, 0.15) is 53.6 Å². The second kappa shape index (κ2) is 12.2. The molecular weight excluding hydrogens is 522 g/mol. The summed E-state index contributed by atoms with van der Waals surface area (Å²) in [6, 6.07) is 4.21. The SMILES string of the molecule is O=C(CNC(=O)c1cccc(C(F)(F)F)c1)N[C@@H]1CCN(C2CCC(O)(c3cnc(OCCF)nc3)CC2)C1. The molecule has 2 fully saturated rings. The largest absolute Gasteiger partial charge is 0.461 e. The smallest absolute Gasteiger partial charge is 0.416 e. The molecule has 1 saturated carbocycles. The molecule has 2 aromatic rings. The third kappa shape index (κ3) is 7.41. The zero-order chi connectivity index (χ0) is 28.0. The first-order valence-electron chi connectivity index (χ1n) is 12.8. The van der Waals surface area contributed by atoms with Gasteiger partial charge in [0.25, 0.3) is 5.91 Å². The molecule has 0 bridgehead atoms. The van der Waals surface area contributed by atoms with E-state index in [1.807, 2.05) is 0 Å². The van der Waals surface area contributed by atoms with E-state index in [9.17, 15) is 32.3 Å². The van der Waals surface area contributed by atoms with Gasteiger partial charge in [-0.15, -0.1) is 0 Å². The van der Waals surface area contributed by atoms with Crippen molar-refractivity contribution in [2.75, 3.05) is 32.9 Å². The van der Waals surface area contributed by atoms with Crippen LogP contribution in [0, 0.1) is 0 Å². The van der Waals surface area contributed by atoms with Crippen molar-refractivity contribution in [2.24, 2.45) is 0 Å². The number of alkyl halides is 4. The molecule has 3 N–H and O–H groups in total. The first kappa shape index (κ1) is 28.7. The number of carbonyl (C=O) groups is 2. The number of hydrogen-bond donors (Lipinski definition) is 3. The third-order valence-electron chi connectivity index (χ3n) is 7.22. The number of hydrogen-bond acceptors (Lipinski definition) is 7. The molecule has 2 aliphatic rings. The normalized spacial score (nSPS) is 23.8. The minimum atomic E-state index is -4.56. The standard InChI is InChI=1S/C26H31F4N5O4/c27-9-11-39-24-32-13-19(14-33-24)25(38)7-4-21(5-8-25)35-10-6-20(16-35)34-22(36)15-31-23(37)17-2-1-3-18(12-17)26(28,29)30/h1-3,12-14,20-21,38H,4-11,15-16H2,(H,31,37)(H,34,36)/t20-,21?,25?/m1/s1. The summed E-state index contributed by atoms with van der Waals surface area (Å²) in [5.41, 5.74) is -1.57. The second-order valence-corrected chi connectivity index (χ2v) is 9.86. The van der Waals surface area contributed by atoms with E-state index >= 15 is 0 Å². The fourth-order valence-corrected chi connectivity index (χ4v) is 5.11. The van der Waals surface area contributed by atoms with E-state index < -0.39 is 35.8 Å². The fourth-order valence-electron chi connectivity index (χ4n) is 5.11. The van der Waals surface area contributed by atoms with Gasteiger partial charge in [-0.05, 0) is 50.3 Å². The van der Waals surface area contributed by atoms with Crippen molar-refractivity contribution in [1.82, 2.24) is 25.5 Å². The Morgan fingerprint density at radius 3 is 2.54 bits per heavy atom. The lowest BCUT2D eigenvalue weighted by Gasteiger charge is -2.39. The molecule has 13 heteroatoms. The molecule has 39 heavy (non-hydrogen) atoms. The van der Waals surface area contributed by atoms with Crippen molar-refractivity contribution in [1.29, 1.82) is 0 Å². The molecule has 1 aliphatic carbocycles. The third-order valence-corrected chi connectivity index (χ3v) is 7.22. The molecule has 9 nitrogen and oxygen atoms in total. The minimum Gasteiger partial charge on any atom is -0.461 e. The highest BCUT2D eigenvalue weighted by Crippen LogP contribution is 2.39. The summed E-state index contributed by atoms with van der Waals surface area (Å²) in [6.07, 6.45) is 1.69. The first-order valence-corrected chi connectivity index (χ1v) is 12.8. The van der Waals surface area contributed by atoms with Crippen LogP contribution in [0.2, 0.25) is 0 Å². The number of nitrogens with one attached hydrogen (secondary N) is 2. The minimum absolute atomic E-state index is 0.0639. The van der Waals surface area contributed by atoms with Gasteiger partial charge in [0.1, 0.15) is 13.3 Å². The van der Waals surface area contributed by atoms with E-state index in [1.165, 1.54) is 18.5 Å². The molecular formula is C26H31F4N5O4. The van der Waals surface area contributed by atoms with Crippen LogP contribution >= 0.6 is 0 Å². The Morgan fingerprint density at radius 1 is 1.15 bits per heavy atom. The molecule has 1 aromatic carbocycles. The van der Waals surface area contributed by atoms with Crippen molar-refractivity contribution in [3.8, 4) is 6.01 Å². The average Bonchev–Trinajstić information content (AvgIpc) is 3.39. The lowest BCUT2D eigenvalue weighted by atomic mass is 9.78. The van der Waals surface area contributed by atoms with Crippen LogP contribution in [0.15, 0.2) is 36.7 Å². The van der Waals surface area contributed by atoms with Gasteiger partial charge < -0.3 is 20.5 Å². The van der Waals surface area contributed by atoms with Gasteiger partial charge in [-0.3, -0.25) is 14.5 Å². The van der Waals surface area contributed by atoms with Gasteiger partial charge in [-0.1, -0.05) is 6.07 Å². The van der Waals surface area contributed by atoms with Crippen molar-refractivity contribution in [2.45, 2.75) is 56.0 Å². The number of aromatic nitrogens is 2. The van der Waals surface area contributed by atoms with Gasteiger partial charge in [0, 0.05) is 48.7 Å².